The molecule has 0 saturated carbocycles. The Labute approximate surface area is 81.5 Å². The highest BCUT2D eigenvalue weighted by molar-refractivity contribution is 5.43. The first kappa shape index (κ1) is 11.1. The van der Waals surface area contributed by atoms with Crippen molar-refractivity contribution in [2.45, 2.75) is 6.18 Å². The normalized spacial score (nSPS) is 10.9. The SMILES string of the molecule is O=[N+]([O-])ONc1ccc(C(F)(F)F)cc1. The summed E-state index contributed by atoms with van der Waals surface area (Å²) in [5, 5.41) is 8.63. The molecule has 82 valence electrons. The summed E-state index contributed by atoms with van der Waals surface area (Å²) in [7, 11) is 0. The van der Waals surface area contributed by atoms with Gasteiger partial charge in [0.15, 0.2) is 0 Å². The molecule has 0 aromatic heterocycles. The Morgan fingerprint density at radius 3 is 2.20 bits per heavy atom. The Morgan fingerprint density at radius 2 is 1.80 bits per heavy atom. The van der Waals surface area contributed by atoms with E-state index < -0.39 is 16.8 Å². The number of alkyl halides is 3. The third kappa shape index (κ3) is 3.33. The van der Waals surface area contributed by atoms with Crippen LogP contribution >= 0.6 is 0 Å². The van der Waals surface area contributed by atoms with Gasteiger partial charge in [0.2, 0.25) is 0 Å². The van der Waals surface area contributed by atoms with Gasteiger partial charge in [-0.15, -0.1) is 10.1 Å². The molecule has 0 bridgehead atoms. The van der Waals surface area contributed by atoms with E-state index in [2.05, 4.69) is 4.94 Å². The van der Waals surface area contributed by atoms with Crippen LogP contribution in [-0.4, -0.2) is 5.09 Å². The predicted octanol–water partition coefficient (Wildman–Crippen LogP) is 2.24. The molecule has 0 spiro atoms. The summed E-state index contributed by atoms with van der Waals surface area (Å²) in [6.07, 6.45) is -4.43. The zero-order chi connectivity index (χ0) is 11.5. The van der Waals surface area contributed by atoms with Crippen molar-refractivity contribution in [3.8, 4) is 0 Å². The van der Waals surface area contributed by atoms with E-state index in [-0.39, 0.29) is 5.69 Å². The largest absolute Gasteiger partial charge is 0.416 e. The Bertz CT molecular complexity index is 349. The molecule has 0 aliphatic rings. The van der Waals surface area contributed by atoms with Gasteiger partial charge >= 0.3 is 11.3 Å². The summed E-state index contributed by atoms with van der Waals surface area (Å²) in [5.74, 6) is 0. The van der Waals surface area contributed by atoms with E-state index in [1.165, 1.54) is 0 Å². The van der Waals surface area contributed by atoms with Crippen molar-refractivity contribution < 1.29 is 23.2 Å². The molecule has 0 radical (unpaired) electrons. The summed E-state index contributed by atoms with van der Waals surface area (Å²) in [6.45, 7) is 0. The minimum atomic E-state index is -4.43. The van der Waals surface area contributed by atoms with Gasteiger partial charge in [-0.3, -0.25) is 0 Å². The molecule has 1 rings (SSSR count). The lowest BCUT2D eigenvalue weighted by atomic mass is 10.2. The lowest BCUT2D eigenvalue weighted by Crippen LogP contribution is -2.08. The van der Waals surface area contributed by atoms with Crippen molar-refractivity contribution in [2.75, 3.05) is 5.48 Å². The maximum absolute atomic E-state index is 12.1. The van der Waals surface area contributed by atoms with Crippen LogP contribution in [0, 0.1) is 10.1 Å². The third-order valence-corrected chi connectivity index (χ3v) is 1.45. The van der Waals surface area contributed by atoms with Gasteiger partial charge in [0.1, 0.15) is 0 Å². The molecule has 0 heterocycles. The number of benzene rings is 1. The highest BCUT2D eigenvalue weighted by Crippen LogP contribution is 2.29. The van der Waals surface area contributed by atoms with E-state index >= 15 is 0 Å². The average Bonchev–Trinajstić information content (AvgIpc) is 2.14. The van der Waals surface area contributed by atoms with Crippen molar-refractivity contribution >= 4 is 5.69 Å². The quantitative estimate of drug-likeness (QED) is 0.629. The van der Waals surface area contributed by atoms with E-state index in [1.807, 2.05) is 5.48 Å². The predicted molar refractivity (Wildman–Crippen MR) is 43.1 cm³/mol. The van der Waals surface area contributed by atoms with E-state index in [0.717, 1.165) is 24.3 Å². The number of nitrogens with zero attached hydrogens (tertiary/aromatic N) is 1. The van der Waals surface area contributed by atoms with Gasteiger partial charge in [-0.2, -0.15) is 18.1 Å². The van der Waals surface area contributed by atoms with E-state index in [0.29, 0.717) is 0 Å². The van der Waals surface area contributed by atoms with Gasteiger partial charge in [0, 0.05) is 0 Å². The van der Waals surface area contributed by atoms with Crippen molar-refractivity contribution in [2.24, 2.45) is 0 Å². The van der Waals surface area contributed by atoms with E-state index in [4.69, 9.17) is 0 Å². The first-order valence-electron chi connectivity index (χ1n) is 3.64. The number of hydrogen-bond donors (Lipinski definition) is 1. The van der Waals surface area contributed by atoms with Crippen LogP contribution in [0.15, 0.2) is 24.3 Å². The summed E-state index contributed by atoms with van der Waals surface area (Å²) in [5.41, 5.74) is 1.07. The van der Waals surface area contributed by atoms with Crippen LogP contribution in [0.5, 0.6) is 0 Å². The van der Waals surface area contributed by atoms with Gasteiger partial charge in [0.25, 0.3) is 0 Å². The van der Waals surface area contributed by atoms with Crippen LogP contribution in [0.3, 0.4) is 0 Å². The molecule has 0 fully saturated rings. The number of nitrogens with one attached hydrogen (secondary N) is 1. The minimum absolute atomic E-state index is 0.0553. The van der Waals surface area contributed by atoms with E-state index in [9.17, 15) is 23.3 Å². The van der Waals surface area contributed by atoms with E-state index in [1.54, 1.807) is 0 Å². The third-order valence-electron chi connectivity index (χ3n) is 1.45. The van der Waals surface area contributed by atoms with Crippen LogP contribution in [-0.2, 0) is 11.1 Å². The second kappa shape index (κ2) is 4.03. The zero-order valence-corrected chi connectivity index (χ0v) is 7.12. The standard InChI is InChI=1S/C7H5F3N2O3/c8-7(9,10)5-1-3-6(4-2-5)11-15-12(13)14/h1-4,11H. The first-order chi connectivity index (χ1) is 6.89. The fourth-order valence-corrected chi connectivity index (χ4v) is 0.817. The Kier molecular flexibility index (Phi) is 2.98. The highest BCUT2D eigenvalue weighted by Gasteiger charge is 2.29. The van der Waals surface area contributed by atoms with Crippen LogP contribution in [0.25, 0.3) is 0 Å². The molecule has 1 aromatic carbocycles. The Hall–Kier alpha value is -1.99. The molecule has 0 saturated heterocycles. The fourth-order valence-electron chi connectivity index (χ4n) is 0.817. The first-order valence-corrected chi connectivity index (χ1v) is 3.64. The van der Waals surface area contributed by atoms with Crippen molar-refractivity contribution in [3.63, 3.8) is 0 Å². The molecule has 1 aromatic rings. The molecule has 8 heteroatoms. The molecular formula is C7H5F3N2O3. The van der Waals surface area contributed by atoms with Gasteiger partial charge in [0.05, 0.1) is 11.3 Å². The fraction of sp³-hybridized carbons (Fsp3) is 0.143. The minimum Gasteiger partial charge on any atom is -0.225 e. The lowest BCUT2D eigenvalue weighted by molar-refractivity contribution is -0.748. The van der Waals surface area contributed by atoms with Gasteiger partial charge in [-0.05, 0) is 24.3 Å². The van der Waals surface area contributed by atoms with Gasteiger partial charge < -0.3 is 0 Å². The van der Waals surface area contributed by atoms with Crippen LogP contribution in [0.4, 0.5) is 18.9 Å². The van der Waals surface area contributed by atoms with Crippen molar-refractivity contribution in [3.05, 3.63) is 39.9 Å². The lowest BCUT2D eigenvalue weighted by Gasteiger charge is -2.07. The van der Waals surface area contributed by atoms with Crippen LogP contribution < -0.4 is 5.48 Å². The van der Waals surface area contributed by atoms with Gasteiger partial charge in [-0.1, -0.05) is 0 Å². The van der Waals surface area contributed by atoms with Crippen LogP contribution in [0.2, 0.25) is 0 Å². The number of rotatable bonds is 3. The molecule has 15 heavy (non-hydrogen) atoms. The maximum atomic E-state index is 12.1. The molecule has 0 aliphatic heterocycles. The number of anilines is 1. The number of halogens is 3. The summed E-state index contributed by atoms with van der Waals surface area (Å²) in [6, 6.07) is 3.61. The Morgan fingerprint density at radius 1 is 1.27 bits per heavy atom. The topological polar surface area (TPSA) is 64.4 Å². The highest BCUT2D eigenvalue weighted by atomic mass is 19.4. The zero-order valence-electron chi connectivity index (χ0n) is 7.12. The molecular weight excluding hydrogens is 217 g/mol. The smallest absolute Gasteiger partial charge is 0.225 e. The second-order valence-electron chi connectivity index (χ2n) is 2.49. The second-order valence-corrected chi connectivity index (χ2v) is 2.49. The molecule has 0 unspecified atom stereocenters. The monoisotopic (exact) mass is 222 g/mol. The summed E-state index contributed by atoms with van der Waals surface area (Å²) < 4.78 is 36.2. The summed E-state index contributed by atoms with van der Waals surface area (Å²) >= 11 is 0. The van der Waals surface area contributed by atoms with Crippen molar-refractivity contribution in [1.82, 2.24) is 0 Å². The molecule has 0 atom stereocenters. The molecule has 5 nitrogen and oxygen atoms in total. The molecule has 0 aliphatic carbocycles. The number of hydrogen-bond acceptors (Lipinski definition) is 4. The molecule has 1 N–H and O–H groups in total. The average molecular weight is 222 g/mol. The van der Waals surface area contributed by atoms with Gasteiger partial charge in [-0.25, -0.2) is 5.48 Å². The summed E-state index contributed by atoms with van der Waals surface area (Å²) in [4.78, 5) is 13.5. The maximum Gasteiger partial charge on any atom is 0.416 e. The molecule has 0 amide bonds. The van der Waals surface area contributed by atoms with Crippen LogP contribution in [0.1, 0.15) is 5.56 Å². The van der Waals surface area contributed by atoms with Crippen molar-refractivity contribution in [1.29, 1.82) is 0 Å². The Balaban J connectivity index is 2.69.